The van der Waals surface area contributed by atoms with Gasteiger partial charge >= 0.3 is 5.97 Å². The minimum absolute atomic E-state index is 0.0254. The molecule has 410 valence electrons. The SMILES string of the molecule is Cc1ncsc1-c1ccc([C@H](C)NC(=O)[C@@H]2C[C@@H](O)CN2C(=O)[C@@H](OC(=O)CN2CCN(CCCN3CCN(c4ccc(C(=O)N[C@H]5C(C)(C)[C@H](Oc6ccc(C#N)c(C#N)c6)C5(C)C)cn4)CC3)CC2)C(C)(C)C)cc1. The molecule has 3 aliphatic heterocycles. The number of carbonyl (C=O) groups is 4. The fourth-order valence-corrected chi connectivity index (χ4v) is 12.6. The zero-order chi connectivity index (χ0) is 55.4. The minimum atomic E-state index is -1.14. The van der Waals surface area contributed by atoms with Crippen molar-refractivity contribution in [3.63, 3.8) is 0 Å². The number of aryl methyl sites for hydroxylation is 1. The molecular weight excluding hydrogens is 995 g/mol. The van der Waals surface area contributed by atoms with Gasteiger partial charge in [0.05, 0.1) is 51.5 Å². The molecule has 4 atom stereocenters. The van der Waals surface area contributed by atoms with E-state index in [4.69, 9.17) is 14.5 Å². The first-order chi connectivity index (χ1) is 36.6. The molecule has 2 aromatic heterocycles. The quantitative estimate of drug-likeness (QED) is 0.107. The highest BCUT2D eigenvalue weighted by Gasteiger charge is 2.64. The van der Waals surface area contributed by atoms with Gasteiger partial charge in [-0.15, -0.1) is 11.3 Å². The molecule has 4 aromatic rings. The average molecular weight is 1070 g/mol. The molecule has 1 aliphatic carbocycles. The first-order valence-electron chi connectivity index (χ1n) is 26.9. The van der Waals surface area contributed by atoms with Crippen LogP contribution in [0.25, 0.3) is 10.4 Å². The lowest BCUT2D eigenvalue weighted by Crippen LogP contribution is -2.74. The Morgan fingerprint density at radius 3 is 2.08 bits per heavy atom. The van der Waals surface area contributed by atoms with E-state index in [1.807, 2.05) is 82.6 Å². The minimum Gasteiger partial charge on any atom is -0.489 e. The molecule has 19 heteroatoms. The Balaban J connectivity index is 0.729. The van der Waals surface area contributed by atoms with E-state index in [0.29, 0.717) is 30.0 Å². The summed E-state index contributed by atoms with van der Waals surface area (Å²) in [7, 11) is 0. The van der Waals surface area contributed by atoms with Gasteiger partial charge in [0, 0.05) is 93.8 Å². The van der Waals surface area contributed by atoms with Crippen LogP contribution in [0.15, 0.2) is 66.3 Å². The molecule has 5 heterocycles. The molecular formula is C58H75N11O7S. The number of amides is 3. The zero-order valence-electron chi connectivity index (χ0n) is 46.0. The number of thiazole rings is 1. The number of anilines is 1. The number of nitrogens with zero attached hydrogens (tertiary/aromatic N) is 9. The third-order valence-electron chi connectivity index (χ3n) is 16.0. The zero-order valence-corrected chi connectivity index (χ0v) is 46.9. The van der Waals surface area contributed by atoms with E-state index >= 15 is 0 Å². The largest absolute Gasteiger partial charge is 0.489 e. The number of carbonyl (C=O) groups excluding carboxylic acids is 4. The second-order valence-corrected chi connectivity index (χ2v) is 24.3. The summed E-state index contributed by atoms with van der Waals surface area (Å²) >= 11 is 1.58. The summed E-state index contributed by atoms with van der Waals surface area (Å²) in [6.07, 6.45) is 0.472. The van der Waals surface area contributed by atoms with Gasteiger partial charge in [-0.05, 0) is 74.8 Å². The van der Waals surface area contributed by atoms with Gasteiger partial charge < -0.3 is 39.9 Å². The van der Waals surface area contributed by atoms with Crippen molar-refractivity contribution >= 4 is 40.8 Å². The third kappa shape index (κ3) is 12.9. The normalized spacial score (nSPS) is 22.4. The van der Waals surface area contributed by atoms with Crippen molar-refractivity contribution in [2.45, 2.75) is 112 Å². The molecule has 0 radical (unpaired) electrons. The number of aliphatic hydroxyl groups excluding tert-OH is 1. The lowest BCUT2D eigenvalue weighted by molar-refractivity contribution is -0.169. The van der Waals surface area contributed by atoms with E-state index < -0.39 is 46.4 Å². The predicted molar refractivity (Wildman–Crippen MR) is 294 cm³/mol. The van der Waals surface area contributed by atoms with Crippen LogP contribution in [0.2, 0.25) is 0 Å². The van der Waals surface area contributed by atoms with Crippen LogP contribution < -0.4 is 20.3 Å². The van der Waals surface area contributed by atoms with Gasteiger partial charge in [-0.2, -0.15) is 10.5 Å². The van der Waals surface area contributed by atoms with Gasteiger partial charge in [0.25, 0.3) is 11.8 Å². The second-order valence-electron chi connectivity index (χ2n) is 23.4. The number of benzene rings is 2. The van der Waals surface area contributed by atoms with E-state index in [1.165, 1.54) is 4.90 Å². The number of hydrogen-bond acceptors (Lipinski definition) is 16. The molecule has 2 aromatic carbocycles. The topological polar surface area (TPSA) is 221 Å². The van der Waals surface area contributed by atoms with E-state index in [0.717, 1.165) is 86.3 Å². The van der Waals surface area contributed by atoms with Gasteiger partial charge in [0.2, 0.25) is 5.91 Å². The van der Waals surface area contributed by atoms with Crippen molar-refractivity contribution in [1.29, 1.82) is 10.5 Å². The summed E-state index contributed by atoms with van der Waals surface area (Å²) in [4.78, 5) is 75.8. The van der Waals surface area contributed by atoms with E-state index in [1.54, 1.807) is 35.7 Å². The van der Waals surface area contributed by atoms with Gasteiger partial charge in [0.1, 0.15) is 35.9 Å². The number of aromatic nitrogens is 2. The number of nitrogens with one attached hydrogen (secondary N) is 2. The lowest BCUT2D eigenvalue weighted by atomic mass is 9.49. The molecule has 77 heavy (non-hydrogen) atoms. The van der Waals surface area contributed by atoms with Crippen LogP contribution in [0.1, 0.15) is 107 Å². The molecule has 8 rings (SSSR count). The summed E-state index contributed by atoms with van der Waals surface area (Å²) in [5.74, 6) is -0.192. The number of hydrogen-bond donors (Lipinski definition) is 3. The maximum absolute atomic E-state index is 14.2. The smallest absolute Gasteiger partial charge is 0.320 e. The number of ether oxygens (including phenoxy) is 2. The third-order valence-corrected chi connectivity index (χ3v) is 17.0. The fourth-order valence-electron chi connectivity index (χ4n) is 11.8. The highest BCUT2D eigenvalue weighted by Crippen LogP contribution is 2.55. The number of β-amino-alcohol motifs (C(OH)–C–C–N with tert-alkyl or cyclic N) is 1. The molecule has 4 aliphatic rings. The van der Waals surface area contributed by atoms with Gasteiger partial charge in [-0.3, -0.25) is 29.0 Å². The summed E-state index contributed by atoms with van der Waals surface area (Å²) in [6, 6.07) is 19.3. The van der Waals surface area contributed by atoms with Gasteiger partial charge in [-0.1, -0.05) is 72.7 Å². The maximum Gasteiger partial charge on any atom is 0.320 e. The van der Waals surface area contributed by atoms with Gasteiger partial charge in [-0.25, -0.2) is 9.97 Å². The summed E-state index contributed by atoms with van der Waals surface area (Å²) < 4.78 is 12.4. The van der Waals surface area contributed by atoms with Crippen molar-refractivity contribution < 1.29 is 33.8 Å². The van der Waals surface area contributed by atoms with Crippen LogP contribution in [0.4, 0.5) is 5.82 Å². The standard InChI is InChI=1S/C58H75N11O7S/c1-37(39-11-13-40(14-12-39)49-38(2)62-36-77-49)63-52(73)46-30-44(70)34-69(46)53(74)50(56(3,4)5)76-48(71)35-67-23-21-65(22-24-67)19-10-20-66-25-27-68(28-26-66)47-18-16-42(33-61-47)51(72)64-54-57(6,7)55(58(54,8)9)75-45-17-15-41(31-59)43(29-45)32-60/h11-18,29,33,36-37,44,46,50,54-55,70H,10,19-28,30,34-35H2,1-9H3,(H,63,73)(H,64,72)/t37-,44+,46-,50+,54-,55-/m0/s1. The Bertz CT molecular complexity index is 2820. The Labute approximate surface area is 457 Å². The van der Waals surface area contributed by atoms with Crippen molar-refractivity contribution in [3.05, 3.63) is 94.3 Å². The Hall–Kier alpha value is -6.48. The monoisotopic (exact) mass is 1070 g/mol. The van der Waals surface area contributed by atoms with Gasteiger partial charge in [0.15, 0.2) is 6.10 Å². The Kier molecular flexibility index (Phi) is 17.4. The highest BCUT2D eigenvalue weighted by molar-refractivity contribution is 7.13. The second kappa shape index (κ2) is 23.6. The van der Waals surface area contributed by atoms with E-state index in [9.17, 15) is 34.8 Å². The van der Waals surface area contributed by atoms with Crippen LogP contribution in [0, 0.1) is 45.8 Å². The molecule has 4 fully saturated rings. The van der Waals surface area contributed by atoms with Crippen LogP contribution >= 0.6 is 11.3 Å². The number of esters is 1. The molecule has 1 saturated carbocycles. The number of pyridine rings is 1. The number of nitriles is 2. The van der Waals surface area contributed by atoms with E-state index in [2.05, 4.69) is 69.0 Å². The van der Waals surface area contributed by atoms with Crippen LogP contribution in [-0.4, -0.2) is 167 Å². The highest BCUT2D eigenvalue weighted by atomic mass is 32.1. The molecule has 18 nitrogen and oxygen atoms in total. The molecule has 3 amide bonds. The van der Waals surface area contributed by atoms with Crippen molar-refractivity contribution in [1.82, 2.24) is 40.2 Å². The van der Waals surface area contributed by atoms with Crippen LogP contribution in [0.5, 0.6) is 5.75 Å². The first kappa shape index (κ1) is 56.7. The summed E-state index contributed by atoms with van der Waals surface area (Å²) in [5, 5.41) is 35.8. The number of rotatable bonds is 17. The lowest BCUT2D eigenvalue weighted by Gasteiger charge is -2.63. The van der Waals surface area contributed by atoms with Crippen molar-refractivity contribution in [3.8, 4) is 28.3 Å². The Morgan fingerprint density at radius 2 is 1.49 bits per heavy atom. The average Bonchev–Trinajstić information content (AvgIpc) is 4.20. The van der Waals surface area contributed by atoms with Crippen molar-refractivity contribution in [2.75, 3.05) is 83.4 Å². The summed E-state index contributed by atoms with van der Waals surface area (Å²) in [6.45, 7) is 26.0. The molecule has 3 saturated heterocycles. The molecule has 3 N–H and O–H groups in total. The summed E-state index contributed by atoms with van der Waals surface area (Å²) in [5.41, 5.74) is 4.19. The number of aliphatic hydroxyl groups is 1. The fraction of sp³-hybridized carbons (Fsp3) is 0.552. The maximum atomic E-state index is 14.2. The molecule has 0 bridgehead atoms. The first-order valence-corrected chi connectivity index (χ1v) is 27.7. The Morgan fingerprint density at radius 1 is 0.857 bits per heavy atom. The van der Waals surface area contributed by atoms with Crippen LogP contribution in [-0.2, 0) is 19.1 Å². The van der Waals surface area contributed by atoms with Crippen LogP contribution in [0.3, 0.4) is 0 Å². The molecule has 0 unspecified atom stereocenters. The van der Waals surface area contributed by atoms with E-state index in [-0.39, 0.29) is 55.1 Å². The number of likely N-dealkylation sites (tertiary alicyclic amines) is 1. The molecule has 0 spiro atoms. The van der Waals surface area contributed by atoms with Crippen molar-refractivity contribution in [2.24, 2.45) is 16.2 Å². The predicted octanol–water partition coefficient (Wildman–Crippen LogP) is 5.80. The number of piperazine rings is 2.